The molecule has 1 saturated carbocycles. The number of aromatic nitrogens is 2. The number of nitrogens with zero attached hydrogens (tertiary/aromatic N) is 2. The standard InChI is InChI=1S/C16H18N4O/c1-11-4-2-3-5-12(11)8-17-15(21)13-9-18-16(19-10-13)20-14-6-7-14/h2-5,9-10,14H,6-8H2,1H3,(H,17,21)(H,18,19,20). The van der Waals surface area contributed by atoms with Gasteiger partial charge in [0.25, 0.3) is 5.91 Å². The molecule has 1 aliphatic rings. The SMILES string of the molecule is Cc1ccccc1CNC(=O)c1cnc(NC2CC2)nc1. The number of benzene rings is 1. The van der Waals surface area contributed by atoms with Crippen LogP contribution < -0.4 is 10.6 Å². The largest absolute Gasteiger partial charge is 0.351 e. The van der Waals surface area contributed by atoms with Gasteiger partial charge in [-0.2, -0.15) is 0 Å². The Bertz CT molecular complexity index is 635. The van der Waals surface area contributed by atoms with Crippen LogP contribution >= 0.6 is 0 Å². The fourth-order valence-electron chi connectivity index (χ4n) is 2.02. The van der Waals surface area contributed by atoms with Gasteiger partial charge in [-0.15, -0.1) is 0 Å². The smallest absolute Gasteiger partial charge is 0.254 e. The van der Waals surface area contributed by atoms with Crippen molar-refractivity contribution in [3.05, 3.63) is 53.3 Å². The summed E-state index contributed by atoms with van der Waals surface area (Å²) < 4.78 is 0. The van der Waals surface area contributed by atoms with Gasteiger partial charge >= 0.3 is 0 Å². The molecule has 1 aromatic carbocycles. The third kappa shape index (κ3) is 3.56. The second kappa shape index (κ2) is 5.91. The number of aryl methyl sites for hydroxylation is 1. The molecule has 0 bridgehead atoms. The van der Waals surface area contributed by atoms with E-state index in [0.717, 1.165) is 11.1 Å². The molecule has 1 fully saturated rings. The summed E-state index contributed by atoms with van der Waals surface area (Å²) in [6, 6.07) is 8.50. The van der Waals surface area contributed by atoms with Crippen molar-refractivity contribution < 1.29 is 4.79 Å². The molecule has 1 aromatic heterocycles. The van der Waals surface area contributed by atoms with Crippen LogP contribution in [0.15, 0.2) is 36.7 Å². The van der Waals surface area contributed by atoms with E-state index in [9.17, 15) is 4.79 Å². The average molecular weight is 282 g/mol. The summed E-state index contributed by atoms with van der Waals surface area (Å²) in [5.41, 5.74) is 2.75. The summed E-state index contributed by atoms with van der Waals surface area (Å²) in [6.45, 7) is 2.54. The monoisotopic (exact) mass is 282 g/mol. The van der Waals surface area contributed by atoms with E-state index in [1.54, 1.807) is 12.4 Å². The molecular formula is C16H18N4O. The molecule has 2 aromatic rings. The van der Waals surface area contributed by atoms with Gasteiger partial charge in [-0.25, -0.2) is 9.97 Å². The third-order valence-corrected chi connectivity index (χ3v) is 3.53. The Kier molecular flexibility index (Phi) is 3.81. The molecule has 5 nitrogen and oxygen atoms in total. The Hall–Kier alpha value is -2.43. The summed E-state index contributed by atoms with van der Waals surface area (Å²) >= 11 is 0. The lowest BCUT2D eigenvalue weighted by atomic mass is 10.1. The minimum atomic E-state index is -0.156. The normalized spacial score (nSPS) is 13.8. The highest BCUT2D eigenvalue weighted by molar-refractivity contribution is 5.93. The van der Waals surface area contributed by atoms with Crippen molar-refractivity contribution >= 4 is 11.9 Å². The van der Waals surface area contributed by atoms with Gasteiger partial charge in [-0.1, -0.05) is 24.3 Å². The van der Waals surface area contributed by atoms with Crippen molar-refractivity contribution in [3.8, 4) is 0 Å². The first-order valence-corrected chi connectivity index (χ1v) is 7.13. The molecule has 0 atom stereocenters. The fraction of sp³-hybridized carbons (Fsp3) is 0.312. The van der Waals surface area contributed by atoms with Gasteiger partial charge in [-0.3, -0.25) is 4.79 Å². The number of rotatable bonds is 5. The van der Waals surface area contributed by atoms with E-state index in [1.165, 1.54) is 12.8 Å². The van der Waals surface area contributed by atoms with E-state index < -0.39 is 0 Å². The van der Waals surface area contributed by atoms with Crippen LogP contribution in [-0.4, -0.2) is 21.9 Å². The van der Waals surface area contributed by atoms with E-state index in [4.69, 9.17) is 0 Å². The highest BCUT2D eigenvalue weighted by Gasteiger charge is 2.21. The average Bonchev–Trinajstić information content (AvgIpc) is 3.31. The quantitative estimate of drug-likeness (QED) is 0.883. The zero-order valence-corrected chi connectivity index (χ0v) is 12.0. The molecule has 0 unspecified atom stereocenters. The van der Waals surface area contributed by atoms with Gasteiger partial charge in [0.15, 0.2) is 0 Å². The predicted molar refractivity (Wildman–Crippen MR) is 81.0 cm³/mol. The van der Waals surface area contributed by atoms with Crippen molar-refractivity contribution in [2.24, 2.45) is 0 Å². The van der Waals surface area contributed by atoms with Crippen LogP contribution in [0.2, 0.25) is 0 Å². The third-order valence-electron chi connectivity index (χ3n) is 3.53. The van der Waals surface area contributed by atoms with Crippen LogP contribution in [0.25, 0.3) is 0 Å². The first kappa shape index (κ1) is 13.5. The number of hydrogen-bond donors (Lipinski definition) is 2. The number of amides is 1. The molecule has 0 radical (unpaired) electrons. The van der Waals surface area contributed by atoms with E-state index in [1.807, 2.05) is 31.2 Å². The van der Waals surface area contributed by atoms with Crippen molar-refractivity contribution in [1.82, 2.24) is 15.3 Å². The van der Waals surface area contributed by atoms with Gasteiger partial charge in [0, 0.05) is 25.0 Å². The van der Waals surface area contributed by atoms with Crippen LogP contribution in [0, 0.1) is 6.92 Å². The first-order chi connectivity index (χ1) is 10.2. The predicted octanol–water partition coefficient (Wildman–Crippen LogP) is 2.29. The number of nitrogens with one attached hydrogen (secondary N) is 2. The molecule has 0 aliphatic heterocycles. The van der Waals surface area contributed by atoms with Crippen molar-refractivity contribution in [3.63, 3.8) is 0 Å². The summed E-state index contributed by atoms with van der Waals surface area (Å²) in [5, 5.41) is 6.08. The van der Waals surface area contributed by atoms with Gasteiger partial charge < -0.3 is 10.6 Å². The lowest BCUT2D eigenvalue weighted by molar-refractivity contribution is 0.0950. The Morgan fingerprint density at radius 3 is 2.62 bits per heavy atom. The second-order valence-electron chi connectivity index (χ2n) is 5.32. The summed E-state index contributed by atoms with van der Waals surface area (Å²) in [4.78, 5) is 20.4. The molecule has 1 heterocycles. The molecule has 1 amide bonds. The van der Waals surface area contributed by atoms with Gasteiger partial charge in [0.1, 0.15) is 0 Å². The van der Waals surface area contributed by atoms with Crippen molar-refractivity contribution in [1.29, 1.82) is 0 Å². The molecule has 0 saturated heterocycles. The number of hydrogen-bond acceptors (Lipinski definition) is 4. The van der Waals surface area contributed by atoms with Crippen LogP contribution in [0.5, 0.6) is 0 Å². The number of carbonyl (C=O) groups is 1. The molecular weight excluding hydrogens is 264 g/mol. The second-order valence-corrected chi connectivity index (χ2v) is 5.32. The van der Waals surface area contributed by atoms with Crippen LogP contribution in [-0.2, 0) is 6.54 Å². The maximum atomic E-state index is 12.1. The zero-order valence-electron chi connectivity index (χ0n) is 12.0. The summed E-state index contributed by atoms with van der Waals surface area (Å²) in [7, 11) is 0. The maximum absolute atomic E-state index is 12.1. The first-order valence-electron chi connectivity index (χ1n) is 7.13. The Morgan fingerprint density at radius 1 is 1.24 bits per heavy atom. The number of carbonyl (C=O) groups excluding carboxylic acids is 1. The molecule has 2 N–H and O–H groups in total. The van der Waals surface area contributed by atoms with Crippen molar-refractivity contribution in [2.45, 2.75) is 32.4 Å². The minimum absolute atomic E-state index is 0.156. The lowest BCUT2D eigenvalue weighted by Gasteiger charge is -2.08. The molecule has 0 spiro atoms. The Morgan fingerprint density at radius 2 is 1.95 bits per heavy atom. The topological polar surface area (TPSA) is 66.9 Å². The van der Waals surface area contributed by atoms with Crippen LogP contribution in [0.1, 0.15) is 34.3 Å². The molecule has 1 aliphatic carbocycles. The molecule has 5 heteroatoms. The Balaban J connectivity index is 1.58. The van der Waals surface area contributed by atoms with E-state index in [0.29, 0.717) is 24.1 Å². The van der Waals surface area contributed by atoms with E-state index in [-0.39, 0.29) is 5.91 Å². The van der Waals surface area contributed by atoms with E-state index >= 15 is 0 Å². The van der Waals surface area contributed by atoms with Gasteiger partial charge in [0.2, 0.25) is 5.95 Å². The molecule has 3 rings (SSSR count). The number of anilines is 1. The maximum Gasteiger partial charge on any atom is 0.254 e. The highest BCUT2D eigenvalue weighted by atomic mass is 16.1. The van der Waals surface area contributed by atoms with Crippen molar-refractivity contribution in [2.75, 3.05) is 5.32 Å². The lowest BCUT2D eigenvalue weighted by Crippen LogP contribution is -2.23. The zero-order chi connectivity index (χ0) is 14.7. The summed E-state index contributed by atoms with van der Waals surface area (Å²) in [6.07, 6.45) is 5.46. The summed E-state index contributed by atoms with van der Waals surface area (Å²) in [5.74, 6) is 0.434. The minimum Gasteiger partial charge on any atom is -0.351 e. The van der Waals surface area contributed by atoms with Gasteiger partial charge in [0.05, 0.1) is 5.56 Å². The van der Waals surface area contributed by atoms with Crippen LogP contribution in [0.3, 0.4) is 0 Å². The van der Waals surface area contributed by atoms with Crippen LogP contribution in [0.4, 0.5) is 5.95 Å². The molecule has 108 valence electrons. The van der Waals surface area contributed by atoms with Gasteiger partial charge in [-0.05, 0) is 30.9 Å². The highest BCUT2D eigenvalue weighted by Crippen LogP contribution is 2.22. The fourth-order valence-corrected chi connectivity index (χ4v) is 2.02. The Labute approximate surface area is 123 Å². The van der Waals surface area contributed by atoms with E-state index in [2.05, 4.69) is 20.6 Å². The molecule has 21 heavy (non-hydrogen) atoms.